The van der Waals surface area contributed by atoms with E-state index in [0.29, 0.717) is 13.2 Å². The molecule has 0 spiro atoms. The summed E-state index contributed by atoms with van der Waals surface area (Å²) in [6.07, 6.45) is 2.54. The molecule has 0 saturated heterocycles. The summed E-state index contributed by atoms with van der Waals surface area (Å²) >= 11 is 2.17. The van der Waals surface area contributed by atoms with Gasteiger partial charge in [0.1, 0.15) is 0 Å². The van der Waals surface area contributed by atoms with Crippen LogP contribution >= 0.6 is 22.6 Å². The molecule has 106 valence electrons. The maximum atomic E-state index is 11.9. The summed E-state index contributed by atoms with van der Waals surface area (Å²) < 4.78 is 5.85. The van der Waals surface area contributed by atoms with Gasteiger partial charge in [-0.05, 0) is 35.1 Å². The Balaban J connectivity index is 2.09. The van der Waals surface area contributed by atoms with Crippen molar-refractivity contribution >= 4 is 45.2 Å². The number of ether oxygens (including phenoxy) is 1. The first kappa shape index (κ1) is 15.0. The summed E-state index contributed by atoms with van der Waals surface area (Å²) in [5.74, 6) is 0. The predicted octanol–water partition coefficient (Wildman–Crippen LogP) is 3.00. The number of urea groups is 1. The largest absolute Gasteiger partial charge is 0.385 e. The van der Waals surface area contributed by atoms with Crippen LogP contribution in [0.25, 0.3) is 10.9 Å². The normalized spacial score (nSPS) is 10.5. The molecule has 0 fully saturated rings. The minimum absolute atomic E-state index is 0.213. The number of amides is 2. The van der Waals surface area contributed by atoms with E-state index in [-0.39, 0.29) is 6.03 Å². The van der Waals surface area contributed by atoms with Gasteiger partial charge in [-0.15, -0.1) is 0 Å². The van der Waals surface area contributed by atoms with Crippen LogP contribution in [-0.2, 0) is 4.74 Å². The van der Waals surface area contributed by atoms with Crippen molar-refractivity contribution in [3.63, 3.8) is 0 Å². The van der Waals surface area contributed by atoms with Gasteiger partial charge in [-0.3, -0.25) is 4.98 Å². The predicted molar refractivity (Wildman–Crippen MR) is 88.0 cm³/mol. The van der Waals surface area contributed by atoms with Gasteiger partial charge in [0.2, 0.25) is 0 Å². The molecule has 0 aliphatic carbocycles. The number of nitrogens with one attached hydrogen (secondary N) is 2. The van der Waals surface area contributed by atoms with Gasteiger partial charge in [0, 0.05) is 31.8 Å². The quantitative estimate of drug-likeness (QED) is 0.615. The van der Waals surface area contributed by atoms with E-state index in [9.17, 15) is 4.79 Å². The fraction of sp³-hybridized carbons (Fsp3) is 0.286. The molecule has 0 radical (unpaired) electrons. The molecular formula is C14H16IN3O2. The van der Waals surface area contributed by atoms with Crippen molar-refractivity contribution in [1.82, 2.24) is 10.3 Å². The number of para-hydroxylation sites is 1. The van der Waals surface area contributed by atoms with Crippen LogP contribution in [0, 0.1) is 3.57 Å². The summed E-state index contributed by atoms with van der Waals surface area (Å²) in [6, 6.07) is 7.52. The number of fused-ring (bicyclic) bond motifs is 1. The number of pyridine rings is 1. The monoisotopic (exact) mass is 385 g/mol. The molecule has 2 rings (SSSR count). The Hall–Kier alpha value is -1.41. The number of hydrogen-bond donors (Lipinski definition) is 2. The average Bonchev–Trinajstić information content (AvgIpc) is 2.47. The Labute approximate surface area is 131 Å². The van der Waals surface area contributed by atoms with E-state index in [0.717, 1.165) is 26.6 Å². The Kier molecular flexibility index (Phi) is 5.54. The zero-order valence-corrected chi connectivity index (χ0v) is 13.3. The molecule has 1 aromatic heterocycles. The summed E-state index contributed by atoms with van der Waals surface area (Å²) in [6.45, 7) is 1.22. The first-order valence-corrected chi connectivity index (χ1v) is 7.37. The zero-order valence-electron chi connectivity index (χ0n) is 11.1. The number of rotatable bonds is 5. The van der Waals surface area contributed by atoms with E-state index in [1.165, 1.54) is 0 Å². The van der Waals surface area contributed by atoms with Crippen LogP contribution in [0.15, 0.2) is 30.5 Å². The van der Waals surface area contributed by atoms with Crippen molar-refractivity contribution < 1.29 is 9.53 Å². The van der Waals surface area contributed by atoms with Gasteiger partial charge >= 0.3 is 6.03 Å². The standard InChI is InChI=1S/C14H16IN3O2/c1-20-8-4-7-16-14(19)18-13-10-5-2-3-6-12(10)17-9-11(13)15/h2-3,5-6,9H,4,7-8H2,1H3,(H2,16,17,18,19). The van der Waals surface area contributed by atoms with E-state index >= 15 is 0 Å². The van der Waals surface area contributed by atoms with Crippen LogP contribution in [0.2, 0.25) is 0 Å². The van der Waals surface area contributed by atoms with Crippen molar-refractivity contribution in [1.29, 1.82) is 0 Å². The number of anilines is 1. The van der Waals surface area contributed by atoms with Gasteiger partial charge in [0.25, 0.3) is 0 Å². The molecule has 20 heavy (non-hydrogen) atoms. The molecule has 6 heteroatoms. The molecule has 2 amide bonds. The summed E-state index contributed by atoms with van der Waals surface area (Å²) in [5, 5.41) is 6.63. The highest BCUT2D eigenvalue weighted by molar-refractivity contribution is 14.1. The Morgan fingerprint density at radius 3 is 3.00 bits per heavy atom. The molecular weight excluding hydrogens is 369 g/mol. The van der Waals surface area contributed by atoms with E-state index in [2.05, 4.69) is 38.2 Å². The third-order valence-electron chi connectivity index (χ3n) is 2.78. The van der Waals surface area contributed by atoms with Crippen molar-refractivity contribution in [3.8, 4) is 0 Å². The van der Waals surface area contributed by atoms with Crippen LogP contribution in [0.5, 0.6) is 0 Å². The highest BCUT2D eigenvalue weighted by atomic mass is 127. The fourth-order valence-corrected chi connectivity index (χ4v) is 2.38. The van der Waals surface area contributed by atoms with Crippen LogP contribution in [0.3, 0.4) is 0 Å². The number of nitrogens with zero attached hydrogens (tertiary/aromatic N) is 1. The van der Waals surface area contributed by atoms with Gasteiger partial charge in [-0.25, -0.2) is 4.79 Å². The number of carbonyl (C=O) groups excluding carboxylic acids is 1. The number of methoxy groups -OCH3 is 1. The van der Waals surface area contributed by atoms with E-state index < -0.39 is 0 Å². The smallest absolute Gasteiger partial charge is 0.319 e. The first-order chi connectivity index (χ1) is 9.72. The number of carbonyl (C=O) groups is 1. The first-order valence-electron chi connectivity index (χ1n) is 6.29. The second-order valence-corrected chi connectivity index (χ2v) is 5.39. The topological polar surface area (TPSA) is 63.2 Å². The molecule has 0 aliphatic heterocycles. The fourth-order valence-electron chi connectivity index (χ4n) is 1.82. The maximum Gasteiger partial charge on any atom is 0.319 e. The third-order valence-corrected chi connectivity index (χ3v) is 3.60. The molecule has 0 atom stereocenters. The molecule has 0 unspecified atom stereocenters. The summed E-state index contributed by atoms with van der Waals surface area (Å²) in [5.41, 5.74) is 1.66. The summed E-state index contributed by atoms with van der Waals surface area (Å²) in [4.78, 5) is 16.2. The number of benzene rings is 1. The number of hydrogen-bond acceptors (Lipinski definition) is 3. The van der Waals surface area contributed by atoms with E-state index in [1.54, 1.807) is 13.3 Å². The molecule has 0 saturated carbocycles. The molecule has 2 N–H and O–H groups in total. The van der Waals surface area contributed by atoms with Gasteiger partial charge in [0.15, 0.2) is 0 Å². The molecule has 1 heterocycles. The van der Waals surface area contributed by atoms with Gasteiger partial charge in [0.05, 0.1) is 14.8 Å². The summed E-state index contributed by atoms with van der Waals surface area (Å²) in [7, 11) is 1.64. The second kappa shape index (κ2) is 7.39. The lowest BCUT2D eigenvalue weighted by atomic mass is 10.2. The van der Waals surface area contributed by atoms with Crippen molar-refractivity contribution in [3.05, 3.63) is 34.0 Å². The Morgan fingerprint density at radius 1 is 1.40 bits per heavy atom. The van der Waals surface area contributed by atoms with E-state index in [1.807, 2.05) is 24.3 Å². The SMILES string of the molecule is COCCCNC(=O)Nc1c(I)cnc2ccccc12. The van der Waals surface area contributed by atoms with Gasteiger partial charge in [-0.1, -0.05) is 18.2 Å². The number of aromatic nitrogens is 1. The lowest BCUT2D eigenvalue weighted by Crippen LogP contribution is -2.30. The van der Waals surface area contributed by atoms with Gasteiger partial charge < -0.3 is 15.4 Å². The van der Waals surface area contributed by atoms with Crippen molar-refractivity contribution in [2.24, 2.45) is 0 Å². The van der Waals surface area contributed by atoms with E-state index in [4.69, 9.17) is 4.74 Å². The molecule has 2 aromatic rings. The lowest BCUT2D eigenvalue weighted by Gasteiger charge is -2.11. The zero-order chi connectivity index (χ0) is 14.4. The van der Waals surface area contributed by atoms with Crippen LogP contribution in [0.4, 0.5) is 10.5 Å². The Bertz CT molecular complexity index is 604. The Morgan fingerprint density at radius 2 is 2.20 bits per heavy atom. The van der Waals surface area contributed by atoms with Crippen molar-refractivity contribution in [2.75, 3.05) is 25.6 Å². The molecule has 1 aromatic carbocycles. The van der Waals surface area contributed by atoms with Crippen LogP contribution < -0.4 is 10.6 Å². The lowest BCUT2D eigenvalue weighted by molar-refractivity contribution is 0.194. The maximum absolute atomic E-state index is 11.9. The average molecular weight is 385 g/mol. The van der Waals surface area contributed by atoms with Crippen LogP contribution in [-0.4, -0.2) is 31.3 Å². The highest BCUT2D eigenvalue weighted by Gasteiger charge is 2.09. The third kappa shape index (κ3) is 3.80. The molecule has 0 aliphatic rings. The minimum Gasteiger partial charge on any atom is -0.385 e. The van der Waals surface area contributed by atoms with Crippen molar-refractivity contribution in [2.45, 2.75) is 6.42 Å². The van der Waals surface area contributed by atoms with Crippen LogP contribution in [0.1, 0.15) is 6.42 Å². The van der Waals surface area contributed by atoms with Gasteiger partial charge in [-0.2, -0.15) is 0 Å². The minimum atomic E-state index is -0.213. The second-order valence-electron chi connectivity index (χ2n) is 4.23. The molecule has 5 nitrogen and oxygen atoms in total. The number of halogens is 1. The highest BCUT2D eigenvalue weighted by Crippen LogP contribution is 2.26. The molecule has 0 bridgehead atoms.